The monoisotopic (exact) mass is 434 g/mol. The molecule has 22 heavy (non-hydrogen) atoms. The topological polar surface area (TPSA) is 69.7 Å². The molecule has 0 bridgehead atoms. The third kappa shape index (κ3) is 5.53. The van der Waals surface area contributed by atoms with Crippen molar-refractivity contribution >= 4 is 50.1 Å². The van der Waals surface area contributed by atoms with Crippen LogP contribution in [0.4, 0.5) is 0 Å². The van der Waals surface area contributed by atoms with Gasteiger partial charge in [-0.1, -0.05) is 31.9 Å². The number of aldehydes is 1. The molecule has 0 radical (unpaired) electrons. The first-order valence-corrected chi connectivity index (χ1v) is 7.95. The fourth-order valence-corrected chi connectivity index (χ4v) is 1.40. The number of carbonyl (C=O) groups is 3. The lowest BCUT2D eigenvalue weighted by atomic mass is 10.2. The Morgan fingerprint density at radius 2 is 1.27 bits per heavy atom. The van der Waals surface area contributed by atoms with Crippen LogP contribution in [0.3, 0.4) is 0 Å². The molecule has 120 valence electrons. The third-order valence-electron chi connectivity index (χ3n) is 2.43. The van der Waals surface area contributed by atoms with Crippen LogP contribution in [0.2, 0.25) is 0 Å². The standard InChI is InChI=1S/C15H16Br2O5/c1-14(2,16)12(19)21-10-5-9(8-18)6-11(7-10)22-13(20)15(3,4)17/h5-8H,1-4H3. The van der Waals surface area contributed by atoms with Gasteiger partial charge in [0.2, 0.25) is 0 Å². The Morgan fingerprint density at radius 1 is 0.909 bits per heavy atom. The van der Waals surface area contributed by atoms with Crippen molar-refractivity contribution in [2.24, 2.45) is 0 Å². The van der Waals surface area contributed by atoms with E-state index in [9.17, 15) is 14.4 Å². The Labute approximate surface area is 145 Å². The van der Waals surface area contributed by atoms with Crippen molar-refractivity contribution in [3.05, 3.63) is 23.8 Å². The lowest BCUT2D eigenvalue weighted by molar-refractivity contribution is -0.136. The molecule has 0 fully saturated rings. The number of benzene rings is 1. The van der Waals surface area contributed by atoms with Crippen LogP contribution in [-0.4, -0.2) is 26.9 Å². The van der Waals surface area contributed by atoms with Gasteiger partial charge < -0.3 is 9.47 Å². The van der Waals surface area contributed by atoms with Gasteiger partial charge in [0.05, 0.1) is 0 Å². The molecule has 0 aliphatic carbocycles. The molecule has 5 nitrogen and oxygen atoms in total. The van der Waals surface area contributed by atoms with Crippen LogP contribution in [-0.2, 0) is 9.59 Å². The van der Waals surface area contributed by atoms with Gasteiger partial charge >= 0.3 is 11.9 Å². The molecule has 1 rings (SSSR count). The number of ether oxygens (including phenoxy) is 2. The predicted molar refractivity (Wildman–Crippen MR) is 89.1 cm³/mol. The molecule has 0 spiro atoms. The van der Waals surface area contributed by atoms with Crippen molar-refractivity contribution in [3.8, 4) is 11.5 Å². The van der Waals surface area contributed by atoms with Crippen LogP contribution in [0.25, 0.3) is 0 Å². The SMILES string of the molecule is CC(C)(Br)C(=O)Oc1cc(C=O)cc(OC(=O)C(C)(C)Br)c1. The summed E-state index contributed by atoms with van der Waals surface area (Å²) in [7, 11) is 0. The maximum atomic E-state index is 11.9. The Balaban J connectivity index is 3.06. The minimum Gasteiger partial charge on any atom is -0.425 e. The highest BCUT2D eigenvalue weighted by molar-refractivity contribution is 9.10. The third-order valence-corrected chi connectivity index (χ3v) is 3.08. The first kappa shape index (κ1) is 18.8. The van der Waals surface area contributed by atoms with Crippen molar-refractivity contribution in [1.29, 1.82) is 0 Å². The molecule has 0 aliphatic heterocycles. The van der Waals surface area contributed by atoms with E-state index in [-0.39, 0.29) is 17.1 Å². The molecule has 1 aromatic carbocycles. The quantitative estimate of drug-likeness (QED) is 0.305. The first-order chi connectivity index (χ1) is 9.93. The number of halogens is 2. The van der Waals surface area contributed by atoms with E-state index < -0.39 is 20.6 Å². The molecule has 0 unspecified atom stereocenters. The Hall–Kier alpha value is -1.21. The van der Waals surface area contributed by atoms with E-state index in [1.54, 1.807) is 27.7 Å². The second kappa shape index (κ2) is 6.91. The van der Waals surface area contributed by atoms with Crippen molar-refractivity contribution < 1.29 is 23.9 Å². The summed E-state index contributed by atoms with van der Waals surface area (Å²) < 4.78 is 8.61. The van der Waals surface area contributed by atoms with Gasteiger partial charge in [0.25, 0.3) is 0 Å². The molecule has 0 saturated heterocycles. The maximum absolute atomic E-state index is 11.9. The van der Waals surface area contributed by atoms with Gasteiger partial charge in [-0.25, -0.2) is 0 Å². The van der Waals surface area contributed by atoms with Gasteiger partial charge in [-0.15, -0.1) is 0 Å². The summed E-state index contributed by atoms with van der Waals surface area (Å²) in [5.74, 6) is -0.822. The zero-order chi connectivity index (χ0) is 17.1. The molecule has 0 heterocycles. The van der Waals surface area contributed by atoms with Gasteiger partial charge in [0, 0.05) is 11.6 Å². The summed E-state index contributed by atoms with van der Waals surface area (Å²) in [6.45, 7) is 6.53. The molecule has 0 aliphatic rings. The normalized spacial score (nSPS) is 11.7. The fourth-order valence-electron chi connectivity index (χ4n) is 1.24. The van der Waals surface area contributed by atoms with Crippen molar-refractivity contribution in [3.63, 3.8) is 0 Å². The van der Waals surface area contributed by atoms with E-state index in [0.29, 0.717) is 6.29 Å². The maximum Gasteiger partial charge on any atom is 0.327 e. The van der Waals surface area contributed by atoms with Crippen LogP contribution in [0, 0.1) is 0 Å². The molecule has 0 aromatic heterocycles. The second-order valence-electron chi connectivity index (χ2n) is 5.58. The van der Waals surface area contributed by atoms with E-state index in [2.05, 4.69) is 31.9 Å². The van der Waals surface area contributed by atoms with E-state index in [1.165, 1.54) is 18.2 Å². The van der Waals surface area contributed by atoms with E-state index >= 15 is 0 Å². The summed E-state index contributed by atoms with van der Waals surface area (Å²) in [5.41, 5.74) is 0.229. The number of hydrogen-bond acceptors (Lipinski definition) is 5. The minimum atomic E-state index is -0.876. The summed E-state index contributed by atoms with van der Waals surface area (Å²) in [4.78, 5) is 34.7. The van der Waals surface area contributed by atoms with Crippen molar-refractivity contribution in [2.45, 2.75) is 36.3 Å². The molecule has 0 N–H and O–H groups in total. The van der Waals surface area contributed by atoms with Crippen molar-refractivity contribution in [2.75, 3.05) is 0 Å². The molecular formula is C15H16Br2O5. The zero-order valence-corrected chi connectivity index (χ0v) is 15.8. The lowest BCUT2D eigenvalue weighted by Gasteiger charge is -2.17. The van der Waals surface area contributed by atoms with Gasteiger partial charge in [0.15, 0.2) is 0 Å². The van der Waals surface area contributed by atoms with Crippen molar-refractivity contribution in [1.82, 2.24) is 0 Å². The highest BCUT2D eigenvalue weighted by atomic mass is 79.9. The lowest BCUT2D eigenvalue weighted by Crippen LogP contribution is -2.30. The fraction of sp³-hybridized carbons (Fsp3) is 0.400. The largest absolute Gasteiger partial charge is 0.425 e. The molecule has 0 saturated carbocycles. The zero-order valence-electron chi connectivity index (χ0n) is 12.6. The van der Waals surface area contributed by atoms with Gasteiger partial charge in [-0.2, -0.15) is 0 Å². The van der Waals surface area contributed by atoms with Crippen LogP contribution < -0.4 is 9.47 Å². The number of carbonyl (C=O) groups excluding carboxylic acids is 3. The highest BCUT2D eigenvalue weighted by Gasteiger charge is 2.28. The van der Waals surface area contributed by atoms with Gasteiger partial charge in [0.1, 0.15) is 26.4 Å². The summed E-state index contributed by atoms with van der Waals surface area (Å²) in [6, 6.07) is 4.15. The van der Waals surface area contributed by atoms with Crippen LogP contribution in [0.15, 0.2) is 18.2 Å². The predicted octanol–water partition coefficient (Wildman–Crippen LogP) is 3.66. The smallest absolute Gasteiger partial charge is 0.327 e. The number of hydrogen-bond donors (Lipinski definition) is 0. The Bertz CT molecular complexity index is 551. The minimum absolute atomic E-state index is 0.123. The second-order valence-corrected chi connectivity index (χ2v) is 9.54. The Kier molecular flexibility index (Phi) is 5.92. The Morgan fingerprint density at radius 3 is 1.55 bits per heavy atom. The van der Waals surface area contributed by atoms with Crippen LogP contribution in [0.1, 0.15) is 38.1 Å². The van der Waals surface area contributed by atoms with E-state index in [0.717, 1.165) is 0 Å². The summed E-state index contributed by atoms with van der Waals surface area (Å²) >= 11 is 6.37. The first-order valence-electron chi connectivity index (χ1n) is 6.36. The molecule has 1 aromatic rings. The van der Waals surface area contributed by atoms with Crippen LogP contribution in [0.5, 0.6) is 11.5 Å². The summed E-state index contributed by atoms with van der Waals surface area (Å²) in [5, 5.41) is 0. The van der Waals surface area contributed by atoms with Crippen LogP contribution >= 0.6 is 31.9 Å². The highest BCUT2D eigenvalue weighted by Crippen LogP contribution is 2.27. The van der Waals surface area contributed by atoms with Gasteiger partial charge in [-0.05, 0) is 39.8 Å². The molecule has 7 heteroatoms. The number of rotatable bonds is 5. The molecule has 0 amide bonds. The summed E-state index contributed by atoms with van der Waals surface area (Å²) in [6.07, 6.45) is 0.577. The van der Waals surface area contributed by atoms with E-state index in [4.69, 9.17) is 9.47 Å². The number of esters is 2. The average molecular weight is 436 g/mol. The molecular weight excluding hydrogens is 420 g/mol. The number of alkyl halides is 2. The van der Waals surface area contributed by atoms with E-state index in [1.807, 2.05) is 0 Å². The average Bonchev–Trinajstić information content (AvgIpc) is 2.36. The van der Waals surface area contributed by atoms with Gasteiger partial charge in [-0.3, -0.25) is 14.4 Å². The molecule has 0 atom stereocenters.